The molecule has 1 aromatic heterocycles. The summed E-state index contributed by atoms with van der Waals surface area (Å²) in [4.78, 5) is 34.2. The molecule has 2 aliphatic rings. The molecule has 2 aliphatic heterocycles. The Morgan fingerprint density at radius 2 is 1.89 bits per heavy atom. The van der Waals surface area contributed by atoms with Gasteiger partial charge in [0.25, 0.3) is 11.8 Å². The SMILES string of the molecule is NC(=O)/C(=C1\Nc2ccc(C(=O)NCCCN3CCOCC3)cc2N1)c1nccc(C(F)(F)F)n1. The molecule has 0 unspecified atom stereocenters. The highest BCUT2D eigenvalue weighted by atomic mass is 19.4. The first-order valence-corrected chi connectivity index (χ1v) is 10.9. The van der Waals surface area contributed by atoms with Crippen LogP contribution >= 0.6 is 0 Å². The van der Waals surface area contributed by atoms with E-state index in [9.17, 15) is 22.8 Å². The van der Waals surface area contributed by atoms with E-state index in [0.717, 1.165) is 45.5 Å². The molecule has 1 saturated heterocycles. The fraction of sp³-hybridized carbons (Fsp3) is 0.364. The lowest BCUT2D eigenvalue weighted by Crippen LogP contribution is -2.38. The molecule has 13 heteroatoms. The molecule has 35 heavy (non-hydrogen) atoms. The number of hydrogen-bond acceptors (Lipinski definition) is 8. The Bertz CT molecular complexity index is 1150. The number of aromatic nitrogens is 2. The standard InChI is InChI=1S/C22H24F3N7O3/c23-22(24,25)16-4-6-27-19(31-16)17(18(26)33)20-29-14-3-2-13(12-15(14)30-20)21(34)28-5-1-7-32-8-10-35-11-9-32/h2-4,6,12,29-30H,1,5,7-11H2,(H2,26,33)(H,28,34)/b20-17-. The molecule has 2 amide bonds. The molecule has 0 bridgehead atoms. The molecule has 3 heterocycles. The van der Waals surface area contributed by atoms with Crippen LogP contribution in [0.3, 0.4) is 0 Å². The molecule has 10 nitrogen and oxygen atoms in total. The lowest BCUT2D eigenvalue weighted by Gasteiger charge is -2.26. The van der Waals surface area contributed by atoms with E-state index in [4.69, 9.17) is 10.5 Å². The number of rotatable bonds is 7. The number of nitrogens with two attached hydrogens (primary N) is 1. The largest absolute Gasteiger partial charge is 0.433 e. The number of fused-ring (bicyclic) bond motifs is 1. The highest BCUT2D eigenvalue weighted by Gasteiger charge is 2.34. The number of amides is 2. The molecule has 4 rings (SSSR count). The number of nitrogens with zero attached hydrogens (tertiary/aromatic N) is 3. The summed E-state index contributed by atoms with van der Waals surface area (Å²) in [7, 11) is 0. The second-order valence-corrected chi connectivity index (χ2v) is 7.95. The van der Waals surface area contributed by atoms with Gasteiger partial charge >= 0.3 is 6.18 Å². The van der Waals surface area contributed by atoms with E-state index in [1.54, 1.807) is 18.2 Å². The van der Waals surface area contributed by atoms with Crippen molar-refractivity contribution in [1.82, 2.24) is 20.2 Å². The van der Waals surface area contributed by atoms with Crippen LogP contribution in [-0.4, -0.2) is 66.1 Å². The third-order valence-corrected chi connectivity index (χ3v) is 5.51. The molecule has 0 saturated carbocycles. The van der Waals surface area contributed by atoms with Gasteiger partial charge in [-0.25, -0.2) is 9.97 Å². The number of alkyl halides is 3. The number of morpholine rings is 1. The zero-order chi connectivity index (χ0) is 25.0. The highest BCUT2D eigenvalue weighted by Crippen LogP contribution is 2.34. The van der Waals surface area contributed by atoms with Crippen molar-refractivity contribution in [3.63, 3.8) is 0 Å². The first-order chi connectivity index (χ1) is 16.7. The maximum atomic E-state index is 13.1. The summed E-state index contributed by atoms with van der Waals surface area (Å²) in [6.07, 6.45) is -3.02. The van der Waals surface area contributed by atoms with Crippen LogP contribution in [0.1, 0.15) is 28.3 Å². The molecule has 0 spiro atoms. The molecule has 5 N–H and O–H groups in total. The van der Waals surface area contributed by atoms with Crippen molar-refractivity contribution in [2.45, 2.75) is 12.6 Å². The van der Waals surface area contributed by atoms with Crippen molar-refractivity contribution in [2.24, 2.45) is 5.73 Å². The van der Waals surface area contributed by atoms with E-state index in [2.05, 4.69) is 30.8 Å². The summed E-state index contributed by atoms with van der Waals surface area (Å²) < 4.78 is 44.5. The average Bonchev–Trinajstić information content (AvgIpc) is 3.24. The number of carbonyl (C=O) groups is 2. The van der Waals surface area contributed by atoms with E-state index in [0.29, 0.717) is 29.5 Å². The molecule has 0 radical (unpaired) electrons. The van der Waals surface area contributed by atoms with Gasteiger partial charge in [0.2, 0.25) is 0 Å². The van der Waals surface area contributed by atoms with E-state index in [1.165, 1.54) is 0 Å². The smallest absolute Gasteiger partial charge is 0.379 e. The van der Waals surface area contributed by atoms with Crippen LogP contribution in [0.4, 0.5) is 24.5 Å². The van der Waals surface area contributed by atoms with E-state index < -0.39 is 23.6 Å². The minimum atomic E-state index is -4.71. The summed E-state index contributed by atoms with van der Waals surface area (Å²) in [5.74, 6) is -1.75. The van der Waals surface area contributed by atoms with Crippen molar-refractivity contribution in [3.05, 3.63) is 53.4 Å². The van der Waals surface area contributed by atoms with Gasteiger partial charge in [0.15, 0.2) is 5.82 Å². The Morgan fingerprint density at radius 1 is 1.14 bits per heavy atom. The van der Waals surface area contributed by atoms with Crippen molar-refractivity contribution >= 4 is 28.8 Å². The molecule has 2 aromatic rings. The number of nitrogens with one attached hydrogen (secondary N) is 3. The molecule has 1 aromatic carbocycles. The summed E-state index contributed by atoms with van der Waals surface area (Å²) in [6.45, 7) is 4.56. The van der Waals surface area contributed by atoms with Crippen molar-refractivity contribution in [1.29, 1.82) is 0 Å². The second kappa shape index (κ2) is 10.3. The number of benzene rings is 1. The number of carbonyl (C=O) groups excluding carboxylic acids is 2. The van der Waals surface area contributed by atoms with Crippen LogP contribution in [0.15, 0.2) is 36.3 Å². The molecular formula is C22H24F3N7O3. The van der Waals surface area contributed by atoms with E-state index in [-0.39, 0.29) is 17.3 Å². The Kier molecular flexibility index (Phi) is 7.17. The molecule has 186 valence electrons. The van der Waals surface area contributed by atoms with Gasteiger partial charge in [-0.3, -0.25) is 14.5 Å². The zero-order valence-electron chi connectivity index (χ0n) is 18.6. The average molecular weight is 491 g/mol. The number of primary amides is 1. The first kappa shape index (κ1) is 24.4. The van der Waals surface area contributed by atoms with Gasteiger partial charge in [-0.15, -0.1) is 0 Å². The predicted octanol–water partition coefficient (Wildman–Crippen LogP) is 1.64. The van der Waals surface area contributed by atoms with Crippen molar-refractivity contribution in [2.75, 3.05) is 50.0 Å². The quantitative estimate of drug-likeness (QED) is 0.339. The topological polar surface area (TPSA) is 134 Å². The number of ether oxygens (including phenoxy) is 1. The van der Waals surface area contributed by atoms with Gasteiger partial charge in [-0.05, 0) is 37.2 Å². The zero-order valence-corrected chi connectivity index (χ0v) is 18.6. The van der Waals surface area contributed by atoms with Crippen LogP contribution in [-0.2, 0) is 15.7 Å². The van der Waals surface area contributed by atoms with Crippen LogP contribution in [0.2, 0.25) is 0 Å². The Balaban J connectivity index is 1.44. The predicted molar refractivity (Wildman–Crippen MR) is 121 cm³/mol. The van der Waals surface area contributed by atoms with Gasteiger partial charge in [-0.1, -0.05) is 0 Å². The van der Waals surface area contributed by atoms with Gasteiger partial charge in [0.1, 0.15) is 17.1 Å². The lowest BCUT2D eigenvalue weighted by atomic mass is 10.1. The Labute approximate surface area is 198 Å². The van der Waals surface area contributed by atoms with E-state index in [1.807, 2.05) is 0 Å². The minimum absolute atomic E-state index is 0.0230. The second-order valence-electron chi connectivity index (χ2n) is 7.95. The van der Waals surface area contributed by atoms with Crippen LogP contribution in [0.25, 0.3) is 5.57 Å². The third kappa shape index (κ3) is 5.87. The van der Waals surface area contributed by atoms with Crippen molar-refractivity contribution < 1.29 is 27.5 Å². The van der Waals surface area contributed by atoms with E-state index >= 15 is 0 Å². The fourth-order valence-corrected chi connectivity index (χ4v) is 3.74. The summed E-state index contributed by atoms with van der Waals surface area (Å²) in [5, 5.41) is 8.64. The first-order valence-electron chi connectivity index (χ1n) is 10.9. The van der Waals surface area contributed by atoms with Gasteiger partial charge < -0.3 is 26.4 Å². The van der Waals surface area contributed by atoms with Crippen molar-refractivity contribution in [3.8, 4) is 0 Å². The van der Waals surface area contributed by atoms with Crippen LogP contribution in [0.5, 0.6) is 0 Å². The Morgan fingerprint density at radius 3 is 2.60 bits per heavy atom. The number of halogens is 3. The summed E-state index contributed by atoms with van der Waals surface area (Å²) in [6, 6.07) is 5.48. The highest BCUT2D eigenvalue weighted by molar-refractivity contribution is 6.20. The minimum Gasteiger partial charge on any atom is -0.379 e. The molecule has 0 aliphatic carbocycles. The number of hydrogen-bond donors (Lipinski definition) is 4. The summed E-state index contributed by atoms with van der Waals surface area (Å²) >= 11 is 0. The normalized spacial score (nSPS) is 17.2. The molecule has 1 fully saturated rings. The molecule has 0 atom stereocenters. The van der Waals surface area contributed by atoms with Gasteiger partial charge in [0, 0.05) is 31.4 Å². The van der Waals surface area contributed by atoms with Crippen LogP contribution in [0, 0.1) is 0 Å². The fourth-order valence-electron chi connectivity index (χ4n) is 3.74. The summed E-state index contributed by atoms with van der Waals surface area (Å²) in [5.41, 5.74) is 5.22. The van der Waals surface area contributed by atoms with Crippen LogP contribution < -0.4 is 21.7 Å². The maximum Gasteiger partial charge on any atom is 0.433 e. The monoisotopic (exact) mass is 491 g/mol. The molecular weight excluding hydrogens is 467 g/mol. The maximum absolute atomic E-state index is 13.1. The Hall–Kier alpha value is -3.71. The van der Waals surface area contributed by atoms with Gasteiger partial charge in [-0.2, -0.15) is 13.2 Å². The third-order valence-electron chi connectivity index (χ3n) is 5.51. The number of anilines is 2. The lowest BCUT2D eigenvalue weighted by molar-refractivity contribution is -0.141. The van der Waals surface area contributed by atoms with Gasteiger partial charge in [0.05, 0.1) is 24.6 Å².